The number of halogens is 2. The average molecular weight is 469 g/mol. The molecule has 0 saturated carbocycles. The third-order valence-corrected chi connectivity index (χ3v) is 4.59. The molecule has 3 N–H and O–H groups in total. The van der Waals surface area contributed by atoms with Gasteiger partial charge in [-0.3, -0.25) is 13.8 Å². The number of anilines is 1. The molecule has 30 heavy (non-hydrogen) atoms. The van der Waals surface area contributed by atoms with E-state index < -0.39 is 51.8 Å². The molecule has 0 fully saturated rings. The maximum atomic E-state index is 14.5. The zero-order valence-corrected chi connectivity index (χ0v) is 17.6. The van der Waals surface area contributed by atoms with Gasteiger partial charge in [-0.15, -0.1) is 11.6 Å². The molecule has 1 atom stereocenters. The van der Waals surface area contributed by atoms with Gasteiger partial charge in [0, 0.05) is 31.1 Å². The Hall–Kier alpha value is -2.44. The molecule has 0 radical (unpaired) electrons. The van der Waals surface area contributed by atoms with E-state index in [0.717, 1.165) is 18.4 Å². The van der Waals surface area contributed by atoms with Crippen LogP contribution in [0.25, 0.3) is 0 Å². The molecule has 10 nitrogen and oxygen atoms in total. The Morgan fingerprint density at radius 2 is 1.93 bits per heavy atom. The number of hydrogen-bond acceptors (Lipinski definition) is 7. The van der Waals surface area contributed by atoms with Crippen LogP contribution in [0.5, 0.6) is 0 Å². The second-order valence-electron chi connectivity index (χ2n) is 6.16. The largest absolute Gasteiger partial charge is 0.481 e. The molecular formula is C17H22ClFN2O8S. The number of amides is 1. The van der Waals surface area contributed by atoms with Gasteiger partial charge >= 0.3 is 11.9 Å². The van der Waals surface area contributed by atoms with Crippen LogP contribution in [-0.4, -0.2) is 74.4 Å². The number of carboxylic acids is 2. The summed E-state index contributed by atoms with van der Waals surface area (Å²) in [6.07, 6.45) is 0.0500. The molecule has 13 heteroatoms. The molecule has 1 rings (SSSR count). The molecule has 0 aliphatic rings. The highest BCUT2D eigenvalue weighted by atomic mass is 35.5. The van der Waals surface area contributed by atoms with Crippen LogP contribution in [0.4, 0.5) is 10.1 Å². The van der Waals surface area contributed by atoms with Gasteiger partial charge in [-0.05, 0) is 24.6 Å². The highest BCUT2D eigenvalue weighted by Gasteiger charge is 2.23. The van der Waals surface area contributed by atoms with Crippen molar-refractivity contribution in [1.82, 2.24) is 5.32 Å². The van der Waals surface area contributed by atoms with E-state index in [1.807, 2.05) is 0 Å². The molecule has 0 saturated heterocycles. The van der Waals surface area contributed by atoms with E-state index in [2.05, 4.69) is 9.50 Å². The third-order valence-electron chi connectivity index (χ3n) is 3.83. The van der Waals surface area contributed by atoms with Gasteiger partial charge in [0.05, 0.1) is 18.4 Å². The van der Waals surface area contributed by atoms with Crippen LogP contribution in [0.1, 0.15) is 23.2 Å². The Kier molecular flexibility index (Phi) is 9.96. The van der Waals surface area contributed by atoms with E-state index >= 15 is 0 Å². The molecule has 0 unspecified atom stereocenters. The number of nitrogens with one attached hydrogen (secondary N) is 1. The van der Waals surface area contributed by atoms with Gasteiger partial charge in [0.15, 0.2) is 0 Å². The van der Waals surface area contributed by atoms with Crippen LogP contribution < -0.4 is 10.2 Å². The van der Waals surface area contributed by atoms with Crippen LogP contribution >= 0.6 is 11.6 Å². The number of carbonyl (C=O) groups excluding carboxylic acids is 1. The molecule has 0 aliphatic heterocycles. The molecule has 0 aliphatic carbocycles. The summed E-state index contributed by atoms with van der Waals surface area (Å²) in [5, 5.41) is 19.8. The summed E-state index contributed by atoms with van der Waals surface area (Å²) in [6.45, 7) is 0.139. The predicted molar refractivity (Wildman–Crippen MR) is 106 cm³/mol. The minimum absolute atomic E-state index is 0.0844. The molecule has 1 aromatic rings. The van der Waals surface area contributed by atoms with E-state index in [-0.39, 0.29) is 32.0 Å². The number of alkyl halides is 1. The van der Waals surface area contributed by atoms with Crippen molar-refractivity contribution in [2.75, 3.05) is 36.7 Å². The molecule has 0 spiro atoms. The zero-order valence-electron chi connectivity index (χ0n) is 16.0. The van der Waals surface area contributed by atoms with Crippen molar-refractivity contribution in [2.45, 2.75) is 18.9 Å². The zero-order chi connectivity index (χ0) is 22.9. The summed E-state index contributed by atoms with van der Waals surface area (Å²) in [5.74, 6) is -4.48. The Morgan fingerprint density at radius 1 is 1.27 bits per heavy atom. The predicted octanol–water partition coefficient (Wildman–Crippen LogP) is 0.895. The molecule has 0 heterocycles. The van der Waals surface area contributed by atoms with Crippen LogP contribution in [0, 0.1) is 5.82 Å². The van der Waals surface area contributed by atoms with Gasteiger partial charge in [0.25, 0.3) is 16.0 Å². The second-order valence-corrected chi connectivity index (χ2v) is 8.18. The van der Waals surface area contributed by atoms with E-state index in [1.54, 1.807) is 4.90 Å². The van der Waals surface area contributed by atoms with Gasteiger partial charge in [-0.25, -0.2) is 9.18 Å². The van der Waals surface area contributed by atoms with Crippen LogP contribution in [0.3, 0.4) is 0 Å². The van der Waals surface area contributed by atoms with E-state index in [1.165, 1.54) is 6.07 Å². The average Bonchev–Trinajstić information content (AvgIpc) is 2.62. The highest BCUT2D eigenvalue weighted by molar-refractivity contribution is 7.85. The third kappa shape index (κ3) is 8.93. The Bertz CT molecular complexity index is 881. The van der Waals surface area contributed by atoms with Crippen molar-refractivity contribution in [2.24, 2.45) is 0 Å². The molecule has 0 aromatic heterocycles. The molecule has 1 amide bonds. The number of benzene rings is 1. The number of nitrogens with zero attached hydrogens (tertiary/aromatic N) is 1. The summed E-state index contributed by atoms with van der Waals surface area (Å²) >= 11 is 5.72. The van der Waals surface area contributed by atoms with Crippen LogP contribution in [0.15, 0.2) is 18.2 Å². The number of aliphatic carboxylic acids is 2. The molecular weight excluding hydrogens is 447 g/mol. The van der Waals surface area contributed by atoms with E-state index in [4.69, 9.17) is 21.8 Å². The van der Waals surface area contributed by atoms with Crippen molar-refractivity contribution in [3.8, 4) is 0 Å². The maximum absolute atomic E-state index is 14.5. The fraction of sp³-hybridized carbons (Fsp3) is 0.471. The first-order valence-electron chi connectivity index (χ1n) is 8.65. The first-order valence-corrected chi connectivity index (χ1v) is 11.0. The van der Waals surface area contributed by atoms with E-state index in [0.29, 0.717) is 5.69 Å². The summed E-state index contributed by atoms with van der Waals surface area (Å²) < 4.78 is 41.3. The van der Waals surface area contributed by atoms with Crippen LogP contribution in [0.2, 0.25) is 0 Å². The number of carboxylic acid groups (broad SMARTS) is 2. The van der Waals surface area contributed by atoms with Crippen molar-refractivity contribution >= 4 is 45.3 Å². The van der Waals surface area contributed by atoms with Gasteiger partial charge in [0.2, 0.25) is 0 Å². The lowest BCUT2D eigenvalue weighted by Crippen LogP contribution is -2.41. The van der Waals surface area contributed by atoms with E-state index in [9.17, 15) is 27.2 Å². The summed E-state index contributed by atoms with van der Waals surface area (Å²) in [7, 11) is -3.64. The summed E-state index contributed by atoms with van der Waals surface area (Å²) in [5.41, 5.74) is -0.124. The highest BCUT2D eigenvalue weighted by Crippen LogP contribution is 2.19. The SMILES string of the molecule is CS(=O)(=O)OCCN(CCCl)c1ccc(C(=O)N[C@@H](CCC(=O)O)C(=O)O)c(F)c1. The minimum Gasteiger partial charge on any atom is -0.481 e. The van der Waals surface area contributed by atoms with Crippen molar-refractivity contribution in [1.29, 1.82) is 0 Å². The topological polar surface area (TPSA) is 150 Å². The fourth-order valence-corrected chi connectivity index (χ4v) is 3.00. The molecule has 0 bridgehead atoms. The fourth-order valence-electron chi connectivity index (χ4n) is 2.42. The van der Waals surface area contributed by atoms with Gasteiger partial charge in [0.1, 0.15) is 11.9 Å². The second kappa shape index (κ2) is 11.7. The Morgan fingerprint density at radius 3 is 2.43 bits per heavy atom. The maximum Gasteiger partial charge on any atom is 0.326 e. The first-order chi connectivity index (χ1) is 13.9. The van der Waals surface area contributed by atoms with Crippen molar-refractivity contribution < 1.29 is 41.6 Å². The number of carbonyl (C=O) groups is 3. The lowest BCUT2D eigenvalue weighted by Gasteiger charge is -2.24. The minimum atomic E-state index is -3.64. The Labute approximate surface area is 177 Å². The Balaban J connectivity index is 2.92. The van der Waals surface area contributed by atoms with Gasteiger partial charge in [-0.2, -0.15) is 8.42 Å². The molecule has 168 valence electrons. The standard InChI is InChI=1S/C17H22ClFN2O8S/c1-30(27,28)29-9-8-21(7-6-18)11-2-3-12(13(19)10-11)16(24)20-14(17(25)26)4-5-15(22)23/h2-3,10,14H,4-9H2,1H3,(H,20,24)(H,22,23)(H,25,26)/t14-/m0/s1. The summed E-state index contributed by atoms with van der Waals surface area (Å²) in [4.78, 5) is 35.6. The smallest absolute Gasteiger partial charge is 0.326 e. The monoisotopic (exact) mass is 468 g/mol. The van der Waals surface area contributed by atoms with Crippen LogP contribution in [-0.2, 0) is 23.9 Å². The van der Waals surface area contributed by atoms with Gasteiger partial charge in [-0.1, -0.05) is 0 Å². The van der Waals surface area contributed by atoms with Crippen molar-refractivity contribution in [3.63, 3.8) is 0 Å². The lowest BCUT2D eigenvalue weighted by atomic mass is 10.1. The first kappa shape index (κ1) is 25.6. The van der Waals surface area contributed by atoms with Crippen molar-refractivity contribution in [3.05, 3.63) is 29.6 Å². The number of rotatable bonds is 13. The lowest BCUT2D eigenvalue weighted by molar-refractivity contribution is -0.140. The summed E-state index contributed by atoms with van der Waals surface area (Å²) in [6, 6.07) is 2.05. The number of hydrogen-bond donors (Lipinski definition) is 3. The quantitative estimate of drug-likeness (QED) is 0.283. The molecule has 1 aromatic carbocycles. The van der Waals surface area contributed by atoms with Gasteiger partial charge < -0.3 is 20.4 Å². The normalized spacial score (nSPS) is 12.2.